The Balaban J connectivity index is 1.72. The summed E-state index contributed by atoms with van der Waals surface area (Å²) in [4.78, 5) is 30.6. The third-order valence-electron chi connectivity index (χ3n) is 6.18. The van der Waals surface area contributed by atoms with Crippen molar-refractivity contribution in [3.8, 4) is 5.75 Å². The maximum Gasteiger partial charge on any atom is 0.252 e. The molecule has 8 heteroatoms. The van der Waals surface area contributed by atoms with Crippen molar-refractivity contribution < 1.29 is 14.3 Å². The summed E-state index contributed by atoms with van der Waals surface area (Å²) in [6, 6.07) is 6.52. The molecule has 0 spiro atoms. The van der Waals surface area contributed by atoms with Gasteiger partial charge in [-0.25, -0.2) is 0 Å². The summed E-state index contributed by atoms with van der Waals surface area (Å²) in [6.07, 6.45) is 4.84. The number of hydrogen-bond acceptors (Lipinski definition) is 4. The number of piperidine rings is 2. The molecule has 2 fully saturated rings. The van der Waals surface area contributed by atoms with Crippen LogP contribution >= 0.6 is 12.2 Å². The highest BCUT2D eigenvalue weighted by Gasteiger charge is 2.36. The van der Waals surface area contributed by atoms with Crippen LogP contribution in [0, 0.1) is 5.92 Å². The van der Waals surface area contributed by atoms with Gasteiger partial charge >= 0.3 is 0 Å². The molecule has 2 amide bonds. The highest BCUT2D eigenvalue weighted by Crippen LogP contribution is 2.24. The van der Waals surface area contributed by atoms with Crippen LogP contribution in [0.3, 0.4) is 0 Å². The topological polar surface area (TPSA) is 73.9 Å². The molecule has 2 aliphatic rings. The second-order valence-corrected chi connectivity index (χ2v) is 8.62. The first-order chi connectivity index (χ1) is 15.0. The van der Waals surface area contributed by atoms with Crippen LogP contribution in [0.2, 0.25) is 0 Å². The number of rotatable bonds is 6. The predicted molar refractivity (Wildman–Crippen MR) is 125 cm³/mol. The average molecular weight is 447 g/mol. The Morgan fingerprint density at radius 3 is 2.48 bits per heavy atom. The lowest BCUT2D eigenvalue weighted by Gasteiger charge is -2.39. The van der Waals surface area contributed by atoms with Crippen LogP contribution in [0.4, 0.5) is 0 Å². The number of methoxy groups -OCH3 is 1. The molecule has 2 saturated heterocycles. The summed E-state index contributed by atoms with van der Waals surface area (Å²) in [5.74, 6) is 0.518. The summed E-state index contributed by atoms with van der Waals surface area (Å²) >= 11 is 5.45. The number of benzene rings is 1. The van der Waals surface area contributed by atoms with Gasteiger partial charge in [-0.1, -0.05) is 6.07 Å². The van der Waals surface area contributed by atoms with E-state index in [1.165, 1.54) is 0 Å². The second kappa shape index (κ2) is 11.3. The molecule has 0 radical (unpaired) electrons. The minimum Gasteiger partial charge on any atom is -0.497 e. The van der Waals surface area contributed by atoms with Crippen molar-refractivity contribution in [2.75, 3.05) is 39.8 Å². The Morgan fingerprint density at radius 2 is 1.84 bits per heavy atom. The fourth-order valence-corrected chi connectivity index (χ4v) is 4.71. The largest absolute Gasteiger partial charge is 0.497 e. The zero-order chi connectivity index (χ0) is 22.2. The molecule has 1 aromatic carbocycles. The monoisotopic (exact) mass is 446 g/mol. The first-order valence-electron chi connectivity index (χ1n) is 11.3. The molecular weight excluding hydrogens is 412 g/mol. The van der Waals surface area contributed by atoms with E-state index in [2.05, 4.69) is 15.5 Å². The molecule has 1 atom stereocenters. The predicted octanol–water partition coefficient (Wildman–Crippen LogP) is 2.41. The number of thiocarbonyl (C=S) groups is 1. The average Bonchev–Trinajstić information content (AvgIpc) is 2.83. The van der Waals surface area contributed by atoms with Gasteiger partial charge in [-0.2, -0.15) is 0 Å². The van der Waals surface area contributed by atoms with Crippen LogP contribution in [-0.2, 0) is 4.79 Å². The number of carbonyl (C=O) groups is 2. The van der Waals surface area contributed by atoms with Crippen LogP contribution in [0.1, 0.15) is 49.4 Å². The quantitative estimate of drug-likeness (QED) is 0.654. The minimum absolute atomic E-state index is 0.0451. The van der Waals surface area contributed by atoms with Crippen LogP contribution in [0.25, 0.3) is 0 Å². The van der Waals surface area contributed by atoms with E-state index in [-0.39, 0.29) is 17.7 Å². The number of likely N-dealkylation sites (tertiary alicyclic amines) is 2. The summed E-state index contributed by atoms with van der Waals surface area (Å²) < 4.78 is 5.24. The molecule has 0 aromatic heterocycles. The van der Waals surface area contributed by atoms with Gasteiger partial charge in [0.15, 0.2) is 5.11 Å². The Morgan fingerprint density at radius 1 is 1.13 bits per heavy atom. The zero-order valence-electron chi connectivity index (χ0n) is 18.6. The molecule has 2 heterocycles. The summed E-state index contributed by atoms with van der Waals surface area (Å²) in [5, 5.41) is 7.03. The molecule has 0 unspecified atom stereocenters. The van der Waals surface area contributed by atoms with Crippen LogP contribution in [0.5, 0.6) is 5.75 Å². The van der Waals surface area contributed by atoms with E-state index < -0.39 is 6.04 Å². The number of amides is 2. The van der Waals surface area contributed by atoms with E-state index >= 15 is 0 Å². The van der Waals surface area contributed by atoms with Gasteiger partial charge in [0.05, 0.1) is 7.11 Å². The summed E-state index contributed by atoms with van der Waals surface area (Å²) in [7, 11) is 1.57. The highest BCUT2D eigenvalue weighted by atomic mass is 32.1. The van der Waals surface area contributed by atoms with Crippen LogP contribution < -0.4 is 15.4 Å². The number of hydrogen-bond donors (Lipinski definition) is 2. The van der Waals surface area contributed by atoms with E-state index in [0.717, 1.165) is 69.9 Å². The van der Waals surface area contributed by atoms with Crippen molar-refractivity contribution in [2.24, 2.45) is 5.92 Å². The molecule has 3 rings (SSSR count). The molecule has 0 bridgehead atoms. The number of nitrogens with zero attached hydrogens (tertiary/aromatic N) is 2. The molecule has 1 aromatic rings. The molecule has 2 N–H and O–H groups in total. The second-order valence-electron chi connectivity index (χ2n) is 8.23. The Bertz CT molecular complexity index is 774. The fourth-order valence-electron chi connectivity index (χ4n) is 4.38. The molecule has 170 valence electrons. The van der Waals surface area contributed by atoms with Crippen LogP contribution in [-0.4, -0.2) is 72.6 Å². The summed E-state index contributed by atoms with van der Waals surface area (Å²) in [6.45, 7) is 5.94. The van der Waals surface area contributed by atoms with E-state index in [1.807, 2.05) is 11.8 Å². The van der Waals surface area contributed by atoms with Gasteiger partial charge in [-0.3, -0.25) is 9.59 Å². The van der Waals surface area contributed by atoms with Crippen molar-refractivity contribution in [2.45, 2.75) is 45.1 Å². The van der Waals surface area contributed by atoms with Gasteiger partial charge in [0, 0.05) is 38.3 Å². The van der Waals surface area contributed by atoms with Gasteiger partial charge < -0.3 is 25.2 Å². The maximum atomic E-state index is 13.4. The number of carbonyl (C=O) groups excluding carboxylic acids is 2. The fraction of sp³-hybridized carbons (Fsp3) is 0.609. The number of ether oxygens (including phenoxy) is 1. The van der Waals surface area contributed by atoms with Gasteiger partial charge in [-0.15, -0.1) is 0 Å². The molecular formula is C23H34N4O3S. The Hall–Kier alpha value is -2.35. The van der Waals surface area contributed by atoms with Crippen LogP contribution in [0.15, 0.2) is 24.3 Å². The highest BCUT2D eigenvalue weighted by molar-refractivity contribution is 7.80. The molecule has 31 heavy (non-hydrogen) atoms. The van der Waals surface area contributed by atoms with Gasteiger partial charge in [0.25, 0.3) is 5.91 Å². The van der Waals surface area contributed by atoms with E-state index in [4.69, 9.17) is 17.0 Å². The molecule has 7 nitrogen and oxygen atoms in total. The van der Waals surface area contributed by atoms with Crippen molar-refractivity contribution in [1.29, 1.82) is 0 Å². The van der Waals surface area contributed by atoms with Crippen molar-refractivity contribution in [3.05, 3.63) is 29.8 Å². The minimum atomic E-state index is -0.522. The van der Waals surface area contributed by atoms with Gasteiger partial charge in [-0.05, 0) is 75.4 Å². The van der Waals surface area contributed by atoms with E-state index in [9.17, 15) is 9.59 Å². The molecule has 0 aliphatic carbocycles. The van der Waals surface area contributed by atoms with E-state index in [1.54, 1.807) is 31.4 Å². The van der Waals surface area contributed by atoms with Crippen molar-refractivity contribution >= 4 is 29.1 Å². The number of nitrogens with one attached hydrogen (secondary N) is 2. The Kier molecular flexibility index (Phi) is 8.51. The molecule has 2 aliphatic heterocycles. The normalized spacial score (nSPS) is 18.3. The van der Waals surface area contributed by atoms with Crippen molar-refractivity contribution in [1.82, 2.24) is 20.4 Å². The third kappa shape index (κ3) is 6.09. The Labute approximate surface area is 190 Å². The zero-order valence-corrected chi connectivity index (χ0v) is 19.4. The van der Waals surface area contributed by atoms with Crippen molar-refractivity contribution in [3.63, 3.8) is 0 Å². The first-order valence-corrected chi connectivity index (χ1v) is 11.7. The van der Waals surface area contributed by atoms with E-state index in [0.29, 0.717) is 11.3 Å². The van der Waals surface area contributed by atoms with Gasteiger partial charge in [0.1, 0.15) is 11.8 Å². The third-order valence-corrected chi connectivity index (χ3v) is 6.58. The molecule has 0 saturated carbocycles. The first kappa shape index (κ1) is 23.3. The lowest BCUT2D eigenvalue weighted by atomic mass is 9.88. The standard InChI is InChI=1S/C23H34N4O3S/c1-3-24-23(31)27-14-10-17(11-15-27)20(22(29)26-12-5-4-6-13-26)25-21(28)18-8-7-9-19(16-18)30-2/h7-9,16-17,20H,3-6,10-15H2,1-2H3,(H,24,31)(H,25,28)/t20-/m0/s1. The lowest BCUT2D eigenvalue weighted by Crippen LogP contribution is -2.56. The lowest BCUT2D eigenvalue weighted by molar-refractivity contribution is -0.136. The van der Waals surface area contributed by atoms with Gasteiger partial charge in [0.2, 0.25) is 5.91 Å². The summed E-state index contributed by atoms with van der Waals surface area (Å²) in [5.41, 5.74) is 0.501. The smallest absolute Gasteiger partial charge is 0.252 e. The maximum absolute atomic E-state index is 13.4. The SMILES string of the molecule is CCNC(=S)N1CCC([C@H](NC(=O)c2cccc(OC)c2)C(=O)N2CCCCC2)CC1.